The Bertz CT molecular complexity index is 545. The Labute approximate surface area is 162 Å². The lowest BCUT2D eigenvalue weighted by atomic mass is 9.83. The molecule has 1 spiro atoms. The van der Waals surface area contributed by atoms with Crippen molar-refractivity contribution in [1.29, 1.82) is 0 Å². The van der Waals surface area contributed by atoms with Gasteiger partial charge in [0.15, 0.2) is 0 Å². The molecular formula is C20H34N2O5. The minimum atomic E-state index is -0.695. The number of piperidine rings is 1. The summed E-state index contributed by atoms with van der Waals surface area (Å²) in [6.07, 6.45) is 6.40. The molecule has 154 valence electrons. The van der Waals surface area contributed by atoms with Gasteiger partial charge < -0.3 is 19.5 Å². The van der Waals surface area contributed by atoms with Crippen molar-refractivity contribution in [1.82, 2.24) is 9.80 Å². The van der Waals surface area contributed by atoms with Gasteiger partial charge in [-0.2, -0.15) is 0 Å². The predicted molar refractivity (Wildman–Crippen MR) is 100 cm³/mol. The van der Waals surface area contributed by atoms with Crippen molar-refractivity contribution >= 4 is 12.2 Å². The second-order valence-electron chi connectivity index (χ2n) is 9.25. The summed E-state index contributed by atoms with van der Waals surface area (Å²) in [4.78, 5) is 28.3. The Morgan fingerprint density at radius 2 is 1.85 bits per heavy atom. The maximum absolute atomic E-state index is 12.6. The molecule has 1 atom stereocenters. The van der Waals surface area contributed by atoms with E-state index in [4.69, 9.17) is 9.47 Å². The summed E-state index contributed by atoms with van der Waals surface area (Å²) in [6, 6.07) is -0.326. The number of rotatable bonds is 3. The second kappa shape index (κ2) is 7.86. The van der Waals surface area contributed by atoms with Crippen LogP contribution in [0.2, 0.25) is 0 Å². The molecule has 2 saturated heterocycles. The van der Waals surface area contributed by atoms with Crippen molar-refractivity contribution in [3.63, 3.8) is 0 Å². The van der Waals surface area contributed by atoms with Crippen molar-refractivity contribution in [2.24, 2.45) is 5.92 Å². The highest BCUT2D eigenvalue weighted by molar-refractivity contribution is 5.72. The smallest absolute Gasteiger partial charge is 0.410 e. The van der Waals surface area contributed by atoms with Crippen LogP contribution >= 0.6 is 0 Å². The van der Waals surface area contributed by atoms with Crippen LogP contribution in [0.25, 0.3) is 0 Å². The van der Waals surface area contributed by atoms with Crippen LogP contribution in [-0.2, 0) is 9.47 Å². The number of aliphatic hydroxyl groups is 1. The molecule has 0 aromatic rings. The van der Waals surface area contributed by atoms with E-state index >= 15 is 0 Å². The van der Waals surface area contributed by atoms with Gasteiger partial charge in [0.1, 0.15) is 11.2 Å². The quantitative estimate of drug-likeness (QED) is 0.811. The van der Waals surface area contributed by atoms with Gasteiger partial charge >= 0.3 is 12.2 Å². The second-order valence-corrected chi connectivity index (χ2v) is 9.25. The number of likely N-dealkylation sites (tertiary alicyclic amines) is 1. The van der Waals surface area contributed by atoms with Gasteiger partial charge in [-0.05, 0) is 39.5 Å². The molecule has 3 aliphatic rings. The third kappa shape index (κ3) is 4.50. The van der Waals surface area contributed by atoms with E-state index in [0.29, 0.717) is 38.4 Å². The van der Waals surface area contributed by atoms with Crippen molar-refractivity contribution in [2.45, 2.75) is 83.0 Å². The minimum Gasteiger partial charge on any atom is -0.444 e. The molecule has 27 heavy (non-hydrogen) atoms. The fourth-order valence-corrected chi connectivity index (χ4v) is 4.66. The SMILES string of the molecule is CC(C)(C)OC(=O)N1CCC2(CC1)OC(=O)N(CC1CCCCC1)C2CO. The number of ether oxygens (including phenoxy) is 2. The molecule has 7 heteroatoms. The molecule has 1 N–H and O–H groups in total. The lowest BCUT2D eigenvalue weighted by molar-refractivity contribution is -0.0407. The van der Waals surface area contributed by atoms with Crippen LogP contribution in [0.4, 0.5) is 9.59 Å². The average Bonchev–Trinajstić information content (AvgIpc) is 2.85. The standard InChI is InChI=1S/C20H34N2O5/c1-19(2,3)26-17(24)21-11-9-20(10-12-21)16(14-23)22(18(25)27-20)13-15-7-5-4-6-8-15/h15-16,23H,4-14H2,1-3H3. The Morgan fingerprint density at radius 1 is 1.22 bits per heavy atom. The summed E-state index contributed by atoms with van der Waals surface area (Å²) in [6.45, 7) is 7.04. The summed E-state index contributed by atoms with van der Waals surface area (Å²) in [7, 11) is 0. The van der Waals surface area contributed by atoms with Crippen LogP contribution in [-0.4, -0.2) is 70.6 Å². The van der Waals surface area contributed by atoms with Crippen LogP contribution in [0, 0.1) is 5.92 Å². The van der Waals surface area contributed by atoms with Crippen LogP contribution in [0.5, 0.6) is 0 Å². The number of carbonyl (C=O) groups is 2. The predicted octanol–water partition coefficient (Wildman–Crippen LogP) is 3.15. The number of hydrogen-bond donors (Lipinski definition) is 1. The third-order valence-corrected chi connectivity index (χ3v) is 6.12. The fraction of sp³-hybridized carbons (Fsp3) is 0.900. The molecule has 2 aliphatic heterocycles. The van der Waals surface area contributed by atoms with Gasteiger partial charge in [-0.15, -0.1) is 0 Å². The molecule has 0 bridgehead atoms. The van der Waals surface area contributed by atoms with Crippen molar-refractivity contribution < 1.29 is 24.2 Å². The number of amides is 2. The molecule has 1 saturated carbocycles. The van der Waals surface area contributed by atoms with Gasteiger partial charge in [0.2, 0.25) is 0 Å². The van der Waals surface area contributed by atoms with E-state index in [9.17, 15) is 14.7 Å². The fourth-order valence-electron chi connectivity index (χ4n) is 4.66. The number of nitrogens with zero attached hydrogens (tertiary/aromatic N) is 2. The lowest BCUT2D eigenvalue weighted by Gasteiger charge is -2.41. The van der Waals surface area contributed by atoms with E-state index in [2.05, 4.69) is 0 Å². The molecular weight excluding hydrogens is 348 g/mol. The molecule has 1 unspecified atom stereocenters. The highest BCUT2D eigenvalue weighted by Crippen LogP contribution is 2.40. The Balaban J connectivity index is 1.62. The highest BCUT2D eigenvalue weighted by atomic mass is 16.6. The monoisotopic (exact) mass is 382 g/mol. The van der Waals surface area contributed by atoms with Crippen LogP contribution in [0.3, 0.4) is 0 Å². The number of carbonyl (C=O) groups excluding carboxylic acids is 2. The van der Waals surface area contributed by atoms with E-state index < -0.39 is 11.2 Å². The van der Waals surface area contributed by atoms with Gasteiger partial charge in [0.25, 0.3) is 0 Å². The van der Waals surface area contributed by atoms with Gasteiger partial charge in [-0.3, -0.25) is 4.90 Å². The zero-order chi connectivity index (χ0) is 19.7. The zero-order valence-corrected chi connectivity index (χ0v) is 16.9. The van der Waals surface area contributed by atoms with E-state index in [-0.39, 0.29) is 24.8 Å². The first-order valence-corrected chi connectivity index (χ1v) is 10.3. The maximum Gasteiger partial charge on any atom is 0.410 e. The molecule has 2 heterocycles. The summed E-state index contributed by atoms with van der Waals surface area (Å²) in [5.74, 6) is 0.498. The van der Waals surface area contributed by atoms with Gasteiger partial charge in [-0.25, -0.2) is 9.59 Å². The minimum absolute atomic E-state index is 0.106. The summed E-state index contributed by atoms with van der Waals surface area (Å²) in [5, 5.41) is 10.0. The first kappa shape index (κ1) is 20.2. The van der Waals surface area contributed by atoms with Crippen LogP contribution in [0.1, 0.15) is 65.7 Å². The Morgan fingerprint density at radius 3 is 2.41 bits per heavy atom. The molecule has 3 fully saturated rings. The first-order chi connectivity index (χ1) is 12.7. The van der Waals surface area contributed by atoms with E-state index in [0.717, 1.165) is 12.8 Å². The summed E-state index contributed by atoms with van der Waals surface area (Å²) < 4.78 is 11.3. The Kier molecular flexibility index (Phi) is 5.89. The van der Waals surface area contributed by atoms with E-state index in [1.165, 1.54) is 19.3 Å². The molecule has 3 rings (SSSR count). The van der Waals surface area contributed by atoms with Gasteiger partial charge in [0, 0.05) is 32.5 Å². The topological polar surface area (TPSA) is 79.3 Å². The lowest BCUT2D eigenvalue weighted by Crippen LogP contribution is -2.55. The van der Waals surface area contributed by atoms with E-state index in [1.807, 2.05) is 20.8 Å². The third-order valence-electron chi connectivity index (χ3n) is 6.12. The average molecular weight is 383 g/mol. The number of hydrogen-bond acceptors (Lipinski definition) is 5. The molecule has 1 aliphatic carbocycles. The van der Waals surface area contributed by atoms with Gasteiger partial charge in [-0.1, -0.05) is 19.3 Å². The maximum atomic E-state index is 12.6. The largest absolute Gasteiger partial charge is 0.444 e. The summed E-state index contributed by atoms with van der Waals surface area (Å²) >= 11 is 0. The summed E-state index contributed by atoms with van der Waals surface area (Å²) in [5.41, 5.74) is -1.23. The normalized spacial score (nSPS) is 26.4. The van der Waals surface area contributed by atoms with Crippen LogP contribution in [0.15, 0.2) is 0 Å². The van der Waals surface area contributed by atoms with E-state index in [1.54, 1.807) is 9.80 Å². The Hall–Kier alpha value is -1.50. The van der Waals surface area contributed by atoms with Crippen molar-refractivity contribution in [3.05, 3.63) is 0 Å². The number of aliphatic hydroxyl groups excluding tert-OH is 1. The molecule has 0 radical (unpaired) electrons. The molecule has 0 aromatic carbocycles. The zero-order valence-electron chi connectivity index (χ0n) is 16.9. The molecule has 0 aromatic heterocycles. The molecule has 2 amide bonds. The first-order valence-electron chi connectivity index (χ1n) is 10.3. The highest BCUT2D eigenvalue weighted by Gasteiger charge is 2.55. The van der Waals surface area contributed by atoms with Gasteiger partial charge in [0.05, 0.1) is 12.6 Å². The molecule has 7 nitrogen and oxygen atoms in total. The van der Waals surface area contributed by atoms with Crippen LogP contribution < -0.4 is 0 Å². The van der Waals surface area contributed by atoms with Crippen molar-refractivity contribution in [2.75, 3.05) is 26.2 Å². The van der Waals surface area contributed by atoms with Crippen molar-refractivity contribution in [3.8, 4) is 0 Å².